The van der Waals surface area contributed by atoms with Crippen molar-refractivity contribution in [2.45, 2.75) is 12.0 Å². The van der Waals surface area contributed by atoms with Crippen molar-refractivity contribution in [1.29, 1.82) is 0 Å². The molecule has 6 heteroatoms. The number of carbonyl (C=O) groups excluding carboxylic acids is 2. The van der Waals surface area contributed by atoms with Crippen LogP contribution in [0.15, 0.2) is 30.3 Å². The van der Waals surface area contributed by atoms with E-state index in [2.05, 4.69) is 10.2 Å². The lowest BCUT2D eigenvalue weighted by atomic mass is 9.86. The van der Waals surface area contributed by atoms with Crippen LogP contribution in [0.5, 0.6) is 0 Å². The van der Waals surface area contributed by atoms with E-state index in [-0.39, 0.29) is 11.9 Å². The molecule has 2 fully saturated rings. The summed E-state index contributed by atoms with van der Waals surface area (Å²) in [5.41, 5.74) is -0.114. The zero-order chi connectivity index (χ0) is 15.6. The van der Waals surface area contributed by atoms with Crippen LogP contribution in [0.1, 0.15) is 12.0 Å². The van der Waals surface area contributed by atoms with Crippen LogP contribution < -0.4 is 5.32 Å². The average molecular weight is 303 g/mol. The number of hydrogen-bond acceptors (Lipinski definition) is 4. The molecule has 6 nitrogen and oxygen atoms in total. The summed E-state index contributed by atoms with van der Waals surface area (Å²) in [6.07, 6.45) is 0.561. The Hall–Kier alpha value is -1.92. The Kier molecular flexibility index (Phi) is 4.13. The molecule has 0 aliphatic carbocycles. The van der Waals surface area contributed by atoms with Gasteiger partial charge in [-0.15, -0.1) is 0 Å². The van der Waals surface area contributed by atoms with Gasteiger partial charge >= 0.3 is 6.03 Å². The number of amides is 3. The number of benzene rings is 1. The van der Waals surface area contributed by atoms with Gasteiger partial charge in [0.1, 0.15) is 5.54 Å². The number of imide groups is 1. The molecular formula is C16H21N3O3. The molecule has 0 aromatic heterocycles. The predicted octanol–water partition coefficient (Wildman–Crippen LogP) is 0.786. The molecule has 0 saturated carbocycles. The molecule has 1 atom stereocenters. The lowest BCUT2D eigenvalue weighted by molar-refractivity contribution is -0.131. The quantitative estimate of drug-likeness (QED) is 0.835. The zero-order valence-corrected chi connectivity index (χ0v) is 12.7. The Labute approximate surface area is 130 Å². The van der Waals surface area contributed by atoms with Crippen molar-refractivity contribution in [2.75, 3.05) is 39.9 Å². The van der Waals surface area contributed by atoms with Gasteiger partial charge in [0.25, 0.3) is 5.91 Å². The van der Waals surface area contributed by atoms with E-state index in [0.29, 0.717) is 6.42 Å². The predicted molar refractivity (Wildman–Crippen MR) is 81.3 cm³/mol. The van der Waals surface area contributed by atoms with Crippen LogP contribution in [0, 0.1) is 0 Å². The minimum atomic E-state index is -0.953. The Morgan fingerprint density at radius 3 is 2.45 bits per heavy atom. The SMILES string of the molecule is CN1C(=O)N[C@](CCN2CCOCC2)(c2ccccc2)C1=O. The number of carbonyl (C=O) groups is 2. The van der Waals surface area contributed by atoms with Crippen molar-refractivity contribution in [2.24, 2.45) is 0 Å². The first-order valence-corrected chi connectivity index (χ1v) is 7.59. The molecule has 1 N–H and O–H groups in total. The van der Waals surface area contributed by atoms with Crippen LogP contribution in [0.2, 0.25) is 0 Å². The first-order valence-electron chi connectivity index (χ1n) is 7.59. The van der Waals surface area contributed by atoms with E-state index in [0.717, 1.165) is 38.4 Å². The number of likely N-dealkylation sites (N-methyl/N-ethyl adjacent to an activating group) is 1. The molecular weight excluding hydrogens is 282 g/mol. The van der Waals surface area contributed by atoms with Crippen LogP contribution in [0.3, 0.4) is 0 Å². The topological polar surface area (TPSA) is 61.9 Å². The molecule has 3 rings (SSSR count). The summed E-state index contributed by atoms with van der Waals surface area (Å²) in [7, 11) is 1.52. The number of nitrogens with zero attached hydrogens (tertiary/aromatic N) is 2. The number of morpholine rings is 1. The molecule has 0 spiro atoms. The summed E-state index contributed by atoms with van der Waals surface area (Å²) < 4.78 is 5.35. The largest absolute Gasteiger partial charge is 0.379 e. The highest BCUT2D eigenvalue weighted by Gasteiger charge is 2.50. The van der Waals surface area contributed by atoms with E-state index < -0.39 is 5.54 Å². The molecule has 22 heavy (non-hydrogen) atoms. The highest BCUT2D eigenvalue weighted by Crippen LogP contribution is 2.32. The number of hydrogen-bond donors (Lipinski definition) is 1. The minimum absolute atomic E-state index is 0.183. The second-order valence-electron chi connectivity index (χ2n) is 5.77. The Morgan fingerprint density at radius 1 is 1.18 bits per heavy atom. The third-order valence-corrected chi connectivity index (χ3v) is 4.47. The van der Waals surface area contributed by atoms with Gasteiger partial charge in [-0.3, -0.25) is 14.6 Å². The lowest BCUT2D eigenvalue weighted by Crippen LogP contribution is -2.47. The molecule has 1 aromatic carbocycles. The molecule has 1 aromatic rings. The van der Waals surface area contributed by atoms with Gasteiger partial charge < -0.3 is 10.1 Å². The molecule has 3 amide bonds. The molecule has 0 bridgehead atoms. The molecule has 2 aliphatic heterocycles. The molecule has 2 saturated heterocycles. The smallest absolute Gasteiger partial charge is 0.325 e. The maximum atomic E-state index is 12.7. The Bertz CT molecular complexity index is 557. The van der Waals surface area contributed by atoms with Crippen molar-refractivity contribution in [3.63, 3.8) is 0 Å². The maximum absolute atomic E-state index is 12.7. The fraction of sp³-hybridized carbons (Fsp3) is 0.500. The summed E-state index contributed by atoms with van der Waals surface area (Å²) in [5, 5.41) is 2.90. The average Bonchev–Trinajstić information content (AvgIpc) is 2.80. The number of ether oxygens (including phenoxy) is 1. The summed E-state index contributed by atoms with van der Waals surface area (Å²) in [5.74, 6) is -0.183. The first-order chi connectivity index (χ1) is 10.6. The van der Waals surface area contributed by atoms with E-state index in [1.807, 2.05) is 30.3 Å². The third-order valence-electron chi connectivity index (χ3n) is 4.47. The standard InChI is InChI=1S/C16H21N3O3/c1-18-14(20)16(17-15(18)21,13-5-3-2-4-6-13)7-8-19-9-11-22-12-10-19/h2-6H,7-12H2,1H3,(H,17,21)/t16-/m1/s1. The fourth-order valence-corrected chi connectivity index (χ4v) is 3.08. The van der Waals surface area contributed by atoms with Gasteiger partial charge in [0, 0.05) is 26.7 Å². The highest BCUT2D eigenvalue weighted by atomic mass is 16.5. The zero-order valence-electron chi connectivity index (χ0n) is 12.7. The number of rotatable bonds is 4. The van der Waals surface area contributed by atoms with Crippen LogP contribution in [-0.2, 0) is 15.1 Å². The van der Waals surface area contributed by atoms with Gasteiger partial charge in [-0.05, 0) is 12.0 Å². The van der Waals surface area contributed by atoms with Crippen molar-refractivity contribution >= 4 is 11.9 Å². The van der Waals surface area contributed by atoms with Crippen molar-refractivity contribution in [3.05, 3.63) is 35.9 Å². The minimum Gasteiger partial charge on any atom is -0.379 e. The molecule has 2 heterocycles. The monoisotopic (exact) mass is 303 g/mol. The summed E-state index contributed by atoms with van der Waals surface area (Å²) in [6, 6.07) is 9.15. The van der Waals surface area contributed by atoms with Crippen LogP contribution >= 0.6 is 0 Å². The molecule has 2 aliphatic rings. The van der Waals surface area contributed by atoms with Crippen LogP contribution in [0.4, 0.5) is 4.79 Å². The second kappa shape index (κ2) is 6.06. The Balaban J connectivity index is 1.84. The van der Waals surface area contributed by atoms with Crippen molar-refractivity contribution in [1.82, 2.24) is 15.1 Å². The van der Waals surface area contributed by atoms with Crippen molar-refractivity contribution < 1.29 is 14.3 Å². The van der Waals surface area contributed by atoms with E-state index in [9.17, 15) is 9.59 Å². The maximum Gasteiger partial charge on any atom is 0.325 e. The van der Waals surface area contributed by atoms with E-state index in [1.165, 1.54) is 11.9 Å². The number of urea groups is 1. The van der Waals surface area contributed by atoms with Gasteiger partial charge in [0.2, 0.25) is 0 Å². The summed E-state index contributed by atoms with van der Waals surface area (Å²) in [4.78, 5) is 28.1. The van der Waals surface area contributed by atoms with E-state index in [4.69, 9.17) is 4.74 Å². The van der Waals surface area contributed by atoms with E-state index in [1.54, 1.807) is 0 Å². The number of nitrogens with one attached hydrogen (secondary N) is 1. The van der Waals surface area contributed by atoms with Crippen LogP contribution in [0.25, 0.3) is 0 Å². The van der Waals surface area contributed by atoms with Crippen LogP contribution in [-0.4, -0.2) is 61.6 Å². The molecule has 0 radical (unpaired) electrons. The van der Waals surface area contributed by atoms with Gasteiger partial charge in [0.15, 0.2) is 0 Å². The van der Waals surface area contributed by atoms with Crippen molar-refractivity contribution in [3.8, 4) is 0 Å². The third kappa shape index (κ3) is 2.60. The van der Waals surface area contributed by atoms with Gasteiger partial charge in [0.05, 0.1) is 13.2 Å². The second-order valence-corrected chi connectivity index (χ2v) is 5.77. The lowest BCUT2D eigenvalue weighted by Gasteiger charge is -2.32. The van der Waals surface area contributed by atoms with Gasteiger partial charge in [-0.1, -0.05) is 30.3 Å². The highest BCUT2D eigenvalue weighted by molar-refractivity contribution is 6.07. The molecule has 0 unspecified atom stereocenters. The van der Waals surface area contributed by atoms with E-state index >= 15 is 0 Å². The summed E-state index contributed by atoms with van der Waals surface area (Å²) in [6.45, 7) is 3.92. The molecule has 118 valence electrons. The first kappa shape index (κ1) is 15.0. The Morgan fingerprint density at radius 2 is 1.86 bits per heavy atom. The van der Waals surface area contributed by atoms with Gasteiger partial charge in [-0.2, -0.15) is 0 Å². The summed E-state index contributed by atoms with van der Waals surface area (Å²) >= 11 is 0. The normalized spacial score (nSPS) is 26.3. The van der Waals surface area contributed by atoms with Gasteiger partial charge in [-0.25, -0.2) is 4.79 Å². The fourth-order valence-electron chi connectivity index (χ4n) is 3.08.